The number of fused-ring (bicyclic) bond motifs is 2. The predicted octanol–water partition coefficient (Wildman–Crippen LogP) is -0.995. The zero-order chi connectivity index (χ0) is 11.3. The molecule has 6 heteroatoms. The Morgan fingerprint density at radius 3 is 2.75 bits per heavy atom. The Labute approximate surface area is 90.3 Å². The van der Waals surface area contributed by atoms with Crippen LogP contribution in [0.2, 0.25) is 0 Å². The molecule has 2 bridgehead atoms. The van der Waals surface area contributed by atoms with Gasteiger partial charge in [-0.3, -0.25) is 24.3 Å². The van der Waals surface area contributed by atoms with Crippen molar-refractivity contribution in [3.05, 3.63) is 28.9 Å². The summed E-state index contributed by atoms with van der Waals surface area (Å²) >= 11 is 0. The molecule has 1 N–H and O–H groups in total. The van der Waals surface area contributed by atoms with Crippen LogP contribution < -0.4 is 10.9 Å². The largest absolute Gasteiger partial charge is 0.294 e. The van der Waals surface area contributed by atoms with Crippen molar-refractivity contribution in [1.82, 2.24) is 14.9 Å². The van der Waals surface area contributed by atoms with Crippen LogP contribution in [0.15, 0.2) is 23.4 Å². The van der Waals surface area contributed by atoms with Gasteiger partial charge in [0.25, 0.3) is 11.5 Å². The lowest BCUT2D eigenvalue weighted by Gasteiger charge is -2.49. The Morgan fingerprint density at radius 2 is 2.12 bits per heavy atom. The molecule has 0 unspecified atom stereocenters. The third kappa shape index (κ3) is 0.959. The smallest absolute Gasteiger partial charge is 0.254 e. The minimum atomic E-state index is -0.885. The fourth-order valence-corrected chi connectivity index (χ4v) is 2.43. The molecule has 1 aromatic rings. The molecule has 2 amide bonds. The molecule has 3 fully saturated rings. The number of nitrogens with zero attached hydrogens (tertiary/aromatic N) is 2. The second-order valence-electron chi connectivity index (χ2n) is 4.24. The van der Waals surface area contributed by atoms with Crippen molar-refractivity contribution < 1.29 is 9.59 Å². The van der Waals surface area contributed by atoms with Crippen molar-refractivity contribution >= 4 is 11.8 Å². The summed E-state index contributed by atoms with van der Waals surface area (Å²) in [6, 6.07) is 1.31. The summed E-state index contributed by atoms with van der Waals surface area (Å²) in [5.41, 5.74) is -1.15. The van der Waals surface area contributed by atoms with Crippen LogP contribution in [-0.2, 0) is 15.1 Å². The maximum absolute atomic E-state index is 11.8. The van der Waals surface area contributed by atoms with Crippen molar-refractivity contribution in [2.45, 2.75) is 18.4 Å². The number of carbonyl (C=O) groups is 2. The number of hydrogen-bond donors (Lipinski definition) is 1. The molecule has 2 saturated heterocycles. The van der Waals surface area contributed by atoms with E-state index >= 15 is 0 Å². The van der Waals surface area contributed by atoms with E-state index in [4.69, 9.17) is 0 Å². The highest BCUT2D eigenvalue weighted by Gasteiger charge is 2.59. The quantitative estimate of drug-likeness (QED) is 0.614. The highest BCUT2D eigenvalue weighted by Crippen LogP contribution is 2.46. The first-order valence-corrected chi connectivity index (χ1v) is 5.02. The number of piperidine rings is 2. The molecule has 3 aliphatic rings. The SMILES string of the molecule is O=C1NC(=O)C2(n3cnccc3=O)CC1C2. The first-order valence-electron chi connectivity index (χ1n) is 5.02. The molecule has 3 heterocycles. The second-order valence-corrected chi connectivity index (χ2v) is 4.24. The molecule has 0 aromatic carbocycles. The highest BCUT2D eigenvalue weighted by atomic mass is 16.2. The number of imide groups is 1. The lowest BCUT2D eigenvalue weighted by atomic mass is 9.64. The van der Waals surface area contributed by atoms with E-state index in [2.05, 4.69) is 10.3 Å². The van der Waals surface area contributed by atoms with Crippen molar-refractivity contribution in [1.29, 1.82) is 0 Å². The molecule has 0 atom stereocenters. The molecule has 1 saturated carbocycles. The third-order valence-corrected chi connectivity index (χ3v) is 3.38. The lowest BCUT2D eigenvalue weighted by molar-refractivity contribution is -0.157. The summed E-state index contributed by atoms with van der Waals surface area (Å²) in [5, 5.41) is 2.28. The molecular formula is C10H9N3O3. The van der Waals surface area contributed by atoms with Gasteiger partial charge < -0.3 is 0 Å². The number of aromatic nitrogens is 2. The minimum absolute atomic E-state index is 0.148. The Hall–Kier alpha value is -1.98. The molecule has 1 aromatic heterocycles. The Balaban J connectivity index is 2.09. The summed E-state index contributed by atoms with van der Waals surface area (Å²) in [6.07, 6.45) is 3.55. The van der Waals surface area contributed by atoms with Crippen LogP contribution in [-0.4, -0.2) is 21.4 Å². The Kier molecular flexibility index (Phi) is 1.61. The highest BCUT2D eigenvalue weighted by molar-refractivity contribution is 6.05. The Morgan fingerprint density at radius 1 is 1.38 bits per heavy atom. The zero-order valence-corrected chi connectivity index (χ0v) is 8.34. The van der Waals surface area contributed by atoms with Crippen LogP contribution in [0.25, 0.3) is 0 Å². The van der Waals surface area contributed by atoms with Gasteiger partial charge in [-0.2, -0.15) is 0 Å². The molecule has 2 aliphatic heterocycles. The zero-order valence-electron chi connectivity index (χ0n) is 8.34. The normalized spacial score (nSPS) is 31.9. The van der Waals surface area contributed by atoms with Gasteiger partial charge in [-0.1, -0.05) is 0 Å². The van der Waals surface area contributed by atoms with Crippen molar-refractivity contribution in [3.8, 4) is 0 Å². The van der Waals surface area contributed by atoms with Crippen LogP contribution in [0.5, 0.6) is 0 Å². The van der Waals surface area contributed by atoms with Crippen molar-refractivity contribution in [2.75, 3.05) is 0 Å². The Bertz CT molecular complexity index is 542. The van der Waals surface area contributed by atoms with E-state index in [0.29, 0.717) is 12.8 Å². The summed E-state index contributed by atoms with van der Waals surface area (Å²) < 4.78 is 1.32. The van der Waals surface area contributed by atoms with E-state index in [1.165, 1.54) is 23.2 Å². The first-order chi connectivity index (χ1) is 7.63. The number of hydrogen-bond acceptors (Lipinski definition) is 4. The van der Waals surface area contributed by atoms with E-state index in [1.54, 1.807) is 0 Å². The van der Waals surface area contributed by atoms with Crippen LogP contribution in [0.3, 0.4) is 0 Å². The van der Waals surface area contributed by atoms with E-state index in [1.807, 2.05) is 0 Å². The topological polar surface area (TPSA) is 81.1 Å². The van der Waals surface area contributed by atoms with Crippen LogP contribution >= 0.6 is 0 Å². The number of rotatable bonds is 1. The van der Waals surface area contributed by atoms with E-state index in [9.17, 15) is 14.4 Å². The van der Waals surface area contributed by atoms with Gasteiger partial charge in [0.05, 0.1) is 6.33 Å². The van der Waals surface area contributed by atoms with Crippen LogP contribution in [0, 0.1) is 5.92 Å². The standard InChI is InChI=1S/C10H9N3O3/c14-7-1-2-11-5-13(7)10-3-6(4-10)8(15)12-9(10)16/h1-2,5-6H,3-4H2,(H,12,15,16). The monoisotopic (exact) mass is 219 g/mol. The van der Waals surface area contributed by atoms with Gasteiger partial charge in [-0.05, 0) is 12.8 Å². The number of carbonyl (C=O) groups excluding carboxylic acids is 2. The first kappa shape index (κ1) is 9.26. The van der Waals surface area contributed by atoms with Gasteiger partial charge in [0.1, 0.15) is 5.54 Å². The fourth-order valence-electron chi connectivity index (χ4n) is 2.43. The molecule has 82 valence electrons. The maximum atomic E-state index is 11.8. The molecule has 1 aliphatic carbocycles. The molecule has 0 spiro atoms. The lowest BCUT2D eigenvalue weighted by Crippen LogP contribution is -2.68. The van der Waals surface area contributed by atoms with Gasteiger partial charge in [-0.15, -0.1) is 0 Å². The van der Waals surface area contributed by atoms with Crippen molar-refractivity contribution in [2.24, 2.45) is 5.92 Å². The van der Waals surface area contributed by atoms with Gasteiger partial charge in [0.15, 0.2) is 0 Å². The minimum Gasteiger partial charge on any atom is -0.294 e. The average molecular weight is 219 g/mol. The average Bonchev–Trinajstić information content (AvgIpc) is 2.17. The molecular weight excluding hydrogens is 210 g/mol. The number of nitrogens with one attached hydrogen (secondary N) is 1. The van der Waals surface area contributed by atoms with Crippen molar-refractivity contribution in [3.63, 3.8) is 0 Å². The number of amides is 2. The van der Waals surface area contributed by atoms with Gasteiger partial charge in [0.2, 0.25) is 5.91 Å². The molecule has 6 nitrogen and oxygen atoms in total. The summed E-state index contributed by atoms with van der Waals surface area (Å²) in [4.78, 5) is 38.5. The molecule has 0 radical (unpaired) electrons. The summed E-state index contributed by atoms with van der Waals surface area (Å²) in [6.45, 7) is 0. The summed E-state index contributed by atoms with van der Waals surface area (Å²) in [7, 11) is 0. The second kappa shape index (κ2) is 2.78. The van der Waals surface area contributed by atoms with Crippen LogP contribution in [0.1, 0.15) is 12.8 Å². The van der Waals surface area contributed by atoms with E-state index in [0.717, 1.165) is 0 Å². The maximum Gasteiger partial charge on any atom is 0.254 e. The predicted molar refractivity (Wildman–Crippen MR) is 52.3 cm³/mol. The van der Waals surface area contributed by atoms with Gasteiger partial charge in [-0.25, -0.2) is 4.98 Å². The van der Waals surface area contributed by atoms with E-state index < -0.39 is 11.4 Å². The molecule has 16 heavy (non-hydrogen) atoms. The fraction of sp³-hybridized carbons (Fsp3) is 0.400. The molecule has 4 rings (SSSR count). The van der Waals surface area contributed by atoms with Gasteiger partial charge in [0, 0.05) is 18.2 Å². The van der Waals surface area contributed by atoms with Crippen LogP contribution in [0.4, 0.5) is 0 Å². The van der Waals surface area contributed by atoms with Gasteiger partial charge >= 0.3 is 0 Å². The summed E-state index contributed by atoms with van der Waals surface area (Å²) in [5.74, 6) is -0.774. The van der Waals surface area contributed by atoms with E-state index in [-0.39, 0.29) is 17.4 Å². The third-order valence-electron chi connectivity index (χ3n) is 3.38.